The Balaban J connectivity index is 1.76. The van der Waals surface area contributed by atoms with Crippen LogP contribution in [0.3, 0.4) is 0 Å². The zero-order valence-corrected chi connectivity index (χ0v) is 16.9. The van der Waals surface area contributed by atoms with Crippen molar-refractivity contribution in [1.29, 1.82) is 0 Å². The average Bonchev–Trinajstić information content (AvgIpc) is 2.79. The summed E-state index contributed by atoms with van der Waals surface area (Å²) in [6, 6.07) is 23.0. The Morgan fingerprint density at radius 1 is 0.833 bits per heavy atom. The zero-order chi connectivity index (χ0) is 21.3. The van der Waals surface area contributed by atoms with E-state index in [1.165, 1.54) is 0 Å². The van der Waals surface area contributed by atoms with E-state index in [1.807, 2.05) is 36.4 Å². The van der Waals surface area contributed by atoms with Crippen molar-refractivity contribution < 1.29 is 19.1 Å². The molecule has 0 radical (unpaired) electrons. The Hall–Kier alpha value is -3.80. The number of nitrogens with one attached hydrogen (secondary N) is 2. The largest absolute Gasteiger partial charge is 0.497 e. The van der Waals surface area contributed by atoms with E-state index in [-0.39, 0.29) is 18.2 Å². The van der Waals surface area contributed by atoms with Crippen molar-refractivity contribution in [1.82, 2.24) is 5.32 Å². The Kier molecular flexibility index (Phi) is 7.05. The van der Waals surface area contributed by atoms with Crippen molar-refractivity contribution in [3.05, 3.63) is 90.0 Å². The molecule has 1 atom stereocenters. The van der Waals surface area contributed by atoms with E-state index in [2.05, 4.69) is 10.6 Å². The highest BCUT2D eigenvalue weighted by molar-refractivity contribution is 5.96. The maximum absolute atomic E-state index is 12.8. The summed E-state index contributed by atoms with van der Waals surface area (Å²) in [5.74, 6) is 0.663. The summed E-state index contributed by atoms with van der Waals surface area (Å²) in [7, 11) is 3.09. The molecule has 0 spiro atoms. The minimum absolute atomic E-state index is 0.0715. The van der Waals surface area contributed by atoms with E-state index in [4.69, 9.17) is 9.47 Å². The number of benzene rings is 3. The predicted molar refractivity (Wildman–Crippen MR) is 116 cm³/mol. The highest BCUT2D eigenvalue weighted by atomic mass is 16.5. The SMILES string of the molecule is COc1cc(NC(=O)C[C@@H](NC(=O)c2ccccc2)c2ccccc2)cc(OC)c1. The van der Waals surface area contributed by atoms with E-state index in [1.54, 1.807) is 56.7 Å². The lowest BCUT2D eigenvalue weighted by molar-refractivity contribution is -0.116. The summed E-state index contributed by atoms with van der Waals surface area (Å²) < 4.78 is 10.5. The summed E-state index contributed by atoms with van der Waals surface area (Å²) in [5.41, 5.74) is 1.94. The van der Waals surface area contributed by atoms with Crippen LogP contribution < -0.4 is 20.1 Å². The van der Waals surface area contributed by atoms with Gasteiger partial charge in [0.1, 0.15) is 11.5 Å². The molecule has 0 bridgehead atoms. The first-order valence-corrected chi connectivity index (χ1v) is 9.53. The Morgan fingerprint density at radius 2 is 1.40 bits per heavy atom. The molecular formula is C24H24N2O4. The molecule has 0 aliphatic carbocycles. The van der Waals surface area contributed by atoms with Crippen molar-refractivity contribution in [2.45, 2.75) is 12.5 Å². The van der Waals surface area contributed by atoms with Crippen molar-refractivity contribution in [3.8, 4) is 11.5 Å². The molecule has 0 aromatic heterocycles. The molecule has 0 fully saturated rings. The van der Waals surface area contributed by atoms with Crippen LogP contribution in [0.4, 0.5) is 5.69 Å². The van der Waals surface area contributed by atoms with Crippen molar-refractivity contribution in [3.63, 3.8) is 0 Å². The quantitative estimate of drug-likeness (QED) is 0.590. The minimum Gasteiger partial charge on any atom is -0.497 e. The molecule has 3 aromatic rings. The number of rotatable bonds is 8. The van der Waals surface area contributed by atoms with Crippen LogP contribution in [0.1, 0.15) is 28.4 Å². The number of hydrogen-bond donors (Lipinski definition) is 2. The Labute approximate surface area is 175 Å². The molecule has 30 heavy (non-hydrogen) atoms. The van der Waals surface area contributed by atoms with Crippen molar-refractivity contribution >= 4 is 17.5 Å². The third-order valence-electron chi connectivity index (χ3n) is 4.57. The molecule has 0 heterocycles. The monoisotopic (exact) mass is 404 g/mol. The normalized spacial score (nSPS) is 11.3. The van der Waals surface area contributed by atoms with Gasteiger partial charge >= 0.3 is 0 Å². The summed E-state index contributed by atoms with van der Waals surface area (Å²) >= 11 is 0. The van der Waals surface area contributed by atoms with Crippen LogP contribution in [0.5, 0.6) is 11.5 Å². The summed E-state index contributed by atoms with van der Waals surface area (Å²) in [4.78, 5) is 25.4. The minimum atomic E-state index is -0.480. The maximum atomic E-state index is 12.8. The molecule has 3 rings (SSSR count). The van der Waals surface area contributed by atoms with Gasteiger partial charge in [0.05, 0.1) is 26.7 Å². The first-order valence-electron chi connectivity index (χ1n) is 9.53. The van der Waals surface area contributed by atoms with E-state index >= 15 is 0 Å². The molecule has 2 amide bonds. The molecule has 0 aliphatic rings. The zero-order valence-electron chi connectivity index (χ0n) is 16.9. The summed E-state index contributed by atoms with van der Waals surface area (Å²) in [5, 5.41) is 5.82. The molecular weight excluding hydrogens is 380 g/mol. The van der Waals surface area contributed by atoms with Gasteiger partial charge in [-0.1, -0.05) is 48.5 Å². The highest BCUT2D eigenvalue weighted by Crippen LogP contribution is 2.26. The van der Waals surface area contributed by atoms with Crippen molar-refractivity contribution in [2.75, 3.05) is 19.5 Å². The van der Waals surface area contributed by atoms with Gasteiger partial charge in [0.15, 0.2) is 0 Å². The van der Waals surface area contributed by atoms with Gasteiger partial charge in [-0.2, -0.15) is 0 Å². The van der Waals surface area contributed by atoms with E-state index in [9.17, 15) is 9.59 Å². The number of amides is 2. The first-order chi connectivity index (χ1) is 14.6. The molecule has 3 aromatic carbocycles. The topological polar surface area (TPSA) is 76.7 Å². The van der Waals surface area contributed by atoms with E-state index in [0.29, 0.717) is 22.7 Å². The van der Waals surface area contributed by atoms with E-state index < -0.39 is 6.04 Å². The number of carbonyl (C=O) groups excluding carboxylic acids is 2. The number of hydrogen-bond acceptors (Lipinski definition) is 4. The third-order valence-corrected chi connectivity index (χ3v) is 4.57. The van der Waals surface area contributed by atoms with Gasteiger partial charge in [0.25, 0.3) is 5.91 Å². The fourth-order valence-corrected chi connectivity index (χ4v) is 3.05. The lowest BCUT2D eigenvalue weighted by Gasteiger charge is -2.19. The van der Waals surface area contributed by atoms with Crippen LogP contribution in [0.25, 0.3) is 0 Å². The second-order valence-electron chi connectivity index (χ2n) is 6.66. The number of anilines is 1. The number of carbonyl (C=O) groups is 2. The van der Waals surface area contributed by atoms with Crippen LogP contribution in [0.15, 0.2) is 78.9 Å². The second-order valence-corrected chi connectivity index (χ2v) is 6.66. The fraction of sp³-hybridized carbons (Fsp3) is 0.167. The molecule has 0 saturated carbocycles. The number of methoxy groups -OCH3 is 2. The molecule has 154 valence electrons. The van der Waals surface area contributed by atoms with Gasteiger partial charge in [-0.25, -0.2) is 0 Å². The highest BCUT2D eigenvalue weighted by Gasteiger charge is 2.19. The molecule has 6 heteroatoms. The van der Waals surface area contributed by atoms with Gasteiger partial charge in [-0.05, 0) is 17.7 Å². The maximum Gasteiger partial charge on any atom is 0.251 e. The Morgan fingerprint density at radius 3 is 1.97 bits per heavy atom. The van der Waals surface area contributed by atoms with Gasteiger partial charge in [0, 0.05) is 29.4 Å². The second kappa shape index (κ2) is 10.1. The van der Waals surface area contributed by atoms with Crippen LogP contribution in [0.2, 0.25) is 0 Å². The molecule has 0 unspecified atom stereocenters. The molecule has 0 saturated heterocycles. The first kappa shape index (κ1) is 20.9. The third kappa shape index (κ3) is 5.61. The Bertz CT molecular complexity index is 968. The lowest BCUT2D eigenvalue weighted by Crippen LogP contribution is -2.31. The van der Waals surface area contributed by atoms with Crippen LogP contribution in [0, 0.1) is 0 Å². The average molecular weight is 404 g/mol. The summed E-state index contributed by atoms with van der Waals surface area (Å²) in [6.07, 6.45) is 0.0715. The summed E-state index contributed by atoms with van der Waals surface area (Å²) in [6.45, 7) is 0. The standard InChI is InChI=1S/C24H24N2O4/c1-29-20-13-19(14-21(15-20)30-2)25-23(27)16-22(17-9-5-3-6-10-17)26-24(28)18-11-7-4-8-12-18/h3-15,22H,16H2,1-2H3,(H,25,27)(H,26,28)/t22-/m1/s1. The van der Waals surface area contributed by atoms with Crippen LogP contribution >= 0.6 is 0 Å². The van der Waals surface area contributed by atoms with Crippen LogP contribution in [-0.4, -0.2) is 26.0 Å². The van der Waals surface area contributed by atoms with Crippen molar-refractivity contribution in [2.24, 2.45) is 0 Å². The van der Waals surface area contributed by atoms with E-state index in [0.717, 1.165) is 5.56 Å². The molecule has 2 N–H and O–H groups in total. The van der Waals surface area contributed by atoms with Gasteiger partial charge in [0.2, 0.25) is 5.91 Å². The van der Waals surface area contributed by atoms with Crippen LogP contribution in [-0.2, 0) is 4.79 Å². The fourth-order valence-electron chi connectivity index (χ4n) is 3.05. The van der Waals surface area contributed by atoms with Gasteiger partial charge in [-0.15, -0.1) is 0 Å². The lowest BCUT2D eigenvalue weighted by atomic mass is 10.0. The number of ether oxygens (including phenoxy) is 2. The predicted octanol–water partition coefficient (Wildman–Crippen LogP) is 4.20. The molecule has 0 aliphatic heterocycles. The smallest absolute Gasteiger partial charge is 0.251 e. The van der Waals surface area contributed by atoms with Gasteiger partial charge < -0.3 is 20.1 Å². The van der Waals surface area contributed by atoms with Gasteiger partial charge in [-0.3, -0.25) is 9.59 Å². The molecule has 6 nitrogen and oxygen atoms in total.